The molecule has 1 aromatic carbocycles. The molecule has 1 N–H and O–H groups in total. The van der Waals surface area contributed by atoms with Crippen LogP contribution in [-0.2, 0) is 11.2 Å². The molecule has 1 atom stereocenters. The van der Waals surface area contributed by atoms with E-state index in [9.17, 15) is 9.90 Å². The van der Waals surface area contributed by atoms with Gasteiger partial charge in [0.1, 0.15) is 11.5 Å². The minimum absolute atomic E-state index is 0.338. The maximum atomic E-state index is 12.4. The molecule has 0 aliphatic heterocycles. The third-order valence-corrected chi connectivity index (χ3v) is 5.90. The van der Waals surface area contributed by atoms with Crippen LogP contribution in [0.2, 0.25) is 0 Å². The van der Waals surface area contributed by atoms with E-state index in [-0.39, 0.29) is 0 Å². The fourth-order valence-electron chi connectivity index (χ4n) is 4.28. The molecule has 1 aliphatic rings. The normalized spacial score (nSPS) is 16.8. The smallest absolute Gasteiger partial charge is 0.136 e. The summed E-state index contributed by atoms with van der Waals surface area (Å²) in [6.45, 7) is 8.65. The second-order valence-electron chi connectivity index (χ2n) is 8.10. The lowest BCUT2D eigenvalue weighted by Crippen LogP contribution is -2.36. The molecule has 0 spiro atoms. The third kappa shape index (κ3) is 6.42. The number of aromatic hydroxyl groups is 1. The summed E-state index contributed by atoms with van der Waals surface area (Å²) in [5.41, 5.74) is 2.45. The quantitative estimate of drug-likeness (QED) is 0.618. The number of rotatable bonds is 10. The molecule has 1 aromatic rings. The first kappa shape index (κ1) is 21.0. The van der Waals surface area contributed by atoms with Crippen molar-refractivity contribution in [2.45, 2.75) is 84.6 Å². The number of Topliss-reactive ketones (excluding diaryl/α,β-unsaturated/α-hetero) is 1. The predicted molar refractivity (Wildman–Crippen MR) is 109 cm³/mol. The number of hydrogen-bond acceptors (Lipinski definition) is 3. The summed E-state index contributed by atoms with van der Waals surface area (Å²) < 4.78 is 0. The van der Waals surface area contributed by atoms with E-state index < -0.39 is 0 Å². The van der Waals surface area contributed by atoms with E-state index in [0.717, 1.165) is 57.2 Å². The minimum atomic E-state index is 0.338. The van der Waals surface area contributed by atoms with Crippen LogP contribution in [0, 0.1) is 12.8 Å². The molecule has 2 rings (SSSR count). The average molecular weight is 360 g/mol. The minimum Gasteiger partial charge on any atom is -0.508 e. The molecule has 1 saturated carbocycles. The van der Waals surface area contributed by atoms with Gasteiger partial charge in [0.15, 0.2) is 0 Å². The molecule has 146 valence electrons. The summed E-state index contributed by atoms with van der Waals surface area (Å²) in [6.07, 6.45) is 9.87. The van der Waals surface area contributed by atoms with Gasteiger partial charge in [-0.15, -0.1) is 0 Å². The molecule has 0 bridgehead atoms. The molecule has 1 unspecified atom stereocenters. The monoisotopic (exact) mass is 359 g/mol. The molecule has 0 heterocycles. The van der Waals surface area contributed by atoms with Crippen molar-refractivity contribution >= 4 is 5.78 Å². The van der Waals surface area contributed by atoms with E-state index >= 15 is 0 Å². The fraction of sp³-hybridized carbons (Fsp3) is 0.696. The number of benzene rings is 1. The van der Waals surface area contributed by atoms with Gasteiger partial charge in [0.2, 0.25) is 0 Å². The Morgan fingerprint density at radius 3 is 2.62 bits per heavy atom. The predicted octanol–water partition coefficient (Wildman–Crippen LogP) is 5.27. The molecule has 0 amide bonds. The van der Waals surface area contributed by atoms with Crippen molar-refractivity contribution < 1.29 is 9.90 Å². The Labute approximate surface area is 159 Å². The van der Waals surface area contributed by atoms with E-state index in [1.807, 2.05) is 12.1 Å². The topological polar surface area (TPSA) is 40.5 Å². The van der Waals surface area contributed by atoms with Crippen LogP contribution in [0.25, 0.3) is 0 Å². The average Bonchev–Trinajstić information content (AvgIpc) is 2.63. The van der Waals surface area contributed by atoms with Crippen molar-refractivity contribution in [2.75, 3.05) is 13.1 Å². The van der Waals surface area contributed by atoms with E-state index in [0.29, 0.717) is 23.5 Å². The molecule has 0 radical (unpaired) electrons. The first-order chi connectivity index (χ1) is 12.5. The Balaban J connectivity index is 1.83. The van der Waals surface area contributed by atoms with Crippen molar-refractivity contribution in [1.29, 1.82) is 0 Å². The number of hydrogen-bond donors (Lipinski definition) is 1. The Morgan fingerprint density at radius 2 is 1.96 bits per heavy atom. The van der Waals surface area contributed by atoms with Crippen LogP contribution in [0.1, 0.15) is 76.3 Å². The lowest BCUT2D eigenvalue weighted by atomic mass is 9.85. The lowest BCUT2D eigenvalue weighted by molar-refractivity contribution is -0.124. The SMILES string of the molecule is CCCN(CCCC(=O)C1CCCCC1)C(C)Cc1ccc(O)cc1C. The maximum Gasteiger partial charge on any atom is 0.136 e. The molecule has 1 aliphatic carbocycles. The van der Waals surface area contributed by atoms with Crippen LogP contribution in [0.4, 0.5) is 0 Å². The molecular weight excluding hydrogens is 322 g/mol. The first-order valence-electron chi connectivity index (χ1n) is 10.6. The second-order valence-corrected chi connectivity index (χ2v) is 8.10. The summed E-state index contributed by atoms with van der Waals surface area (Å²) >= 11 is 0. The number of phenolic OH excluding ortho intramolecular Hbond substituents is 1. The van der Waals surface area contributed by atoms with Gasteiger partial charge in [0.05, 0.1) is 0 Å². The Hall–Kier alpha value is -1.35. The Bertz CT molecular complexity index is 563. The summed E-state index contributed by atoms with van der Waals surface area (Å²) in [7, 11) is 0. The van der Waals surface area contributed by atoms with Crippen LogP contribution < -0.4 is 0 Å². The molecular formula is C23H37NO2. The molecule has 3 heteroatoms. The number of nitrogens with zero attached hydrogens (tertiary/aromatic N) is 1. The van der Waals surface area contributed by atoms with Crippen molar-refractivity contribution in [2.24, 2.45) is 5.92 Å². The van der Waals surface area contributed by atoms with E-state index in [1.165, 1.54) is 24.8 Å². The summed E-state index contributed by atoms with van der Waals surface area (Å²) in [5, 5.41) is 9.60. The second kappa shape index (κ2) is 10.7. The van der Waals surface area contributed by atoms with E-state index in [4.69, 9.17) is 0 Å². The highest BCUT2D eigenvalue weighted by atomic mass is 16.3. The number of carbonyl (C=O) groups excluding carboxylic acids is 1. The number of aryl methyl sites for hydroxylation is 1. The summed E-state index contributed by atoms with van der Waals surface area (Å²) in [6, 6.07) is 6.11. The Kier molecular flexibility index (Phi) is 8.64. The maximum absolute atomic E-state index is 12.4. The van der Waals surface area contributed by atoms with Crippen molar-refractivity contribution in [1.82, 2.24) is 4.90 Å². The van der Waals surface area contributed by atoms with E-state index in [2.05, 4.69) is 25.7 Å². The van der Waals surface area contributed by atoms with Crippen molar-refractivity contribution in [3.63, 3.8) is 0 Å². The van der Waals surface area contributed by atoms with Crippen LogP contribution in [-0.4, -0.2) is 34.9 Å². The third-order valence-electron chi connectivity index (χ3n) is 5.90. The highest BCUT2D eigenvalue weighted by Gasteiger charge is 2.21. The zero-order valence-corrected chi connectivity index (χ0v) is 17.0. The van der Waals surface area contributed by atoms with E-state index in [1.54, 1.807) is 6.07 Å². The number of ketones is 1. The number of phenols is 1. The summed E-state index contributed by atoms with van der Waals surface area (Å²) in [5.74, 6) is 1.19. The Morgan fingerprint density at radius 1 is 1.23 bits per heavy atom. The van der Waals surface area contributed by atoms with Gasteiger partial charge in [-0.25, -0.2) is 0 Å². The molecule has 0 aromatic heterocycles. The molecule has 26 heavy (non-hydrogen) atoms. The standard InChI is InChI=1S/C23H37NO2/c1-4-14-24(15-8-11-23(26)20-9-6-5-7-10-20)19(3)17-21-12-13-22(25)16-18(21)2/h12-13,16,19-20,25H,4-11,14-15,17H2,1-3H3. The zero-order valence-electron chi connectivity index (χ0n) is 17.0. The molecule has 3 nitrogen and oxygen atoms in total. The van der Waals surface area contributed by atoms with Gasteiger partial charge in [-0.2, -0.15) is 0 Å². The van der Waals surface area contributed by atoms with Gasteiger partial charge >= 0.3 is 0 Å². The van der Waals surface area contributed by atoms with Crippen LogP contribution in [0.5, 0.6) is 5.75 Å². The largest absolute Gasteiger partial charge is 0.508 e. The highest BCUT2D eigenvalue weighted by Crippen LogP contribution is 2.26. The van der Waals surface area contributed by atoms with Crippen LogP contribution in [0.15, 0.2) is 18.2 Å². The van der Waals surface area contributed by atoms with Gasteiger partial charge in [-0.05, 0) is 82.3 Å². The fourth-order valence-corrected chi connectivity index (χ4v) is 4.28. The van der Waals surface area contributed by atoms with Gasteiger partial charge in [-0.1, -0.05) is 32.3 Å². The van der Waals surface area contributed by atoms with Crippen LogP contribution >= 0.6 is 0 Å². The van der Waals surface area contributed by atoms with Gasteiger partial charge in [0.25, 0.3) is 0 Å². The van der Waals surface area contributed by atoms with Crippen molar-refractivity contribution in [3.05, 3.63) is 29.3 Å². The van der Waals surface area contributed by atoms with Crippen molar-refractivity contribution in [3.8, 4) is 5.75 Å². The van der Waals surface area contributed by atoms with Gasteiger partial charge in [-0.3, -0.25) is 4.79 Å². The van der Waals surface area contributed by atoms with Gasteiger partial charge < -0.3 is 10.0 Å². The lowest BCUT2D eigenvalue weighted by Gasteiger charge is -2.29. The number of carbonyl (C=O) groups is 1. The van der Waals surface area contributed by atoms with Gasteiger partial charge in [0, 0.05) is 18.4 Å². The van der Waals surface area contributed by atoms with Crippen LogP contribution in [0.3, 0.4) is 0 Å². The first-order valence-corrected chi connectivity index (χ1v) is 10.6. The molecule has 1 fully saturated rings. The molecule has 0 saturated heterocycles. The highest BCUT2D eigenvalue weighted by molar-refractivity contribution is 5.81. The summed E-state index contributed by atoms with van der Waals surface area (Å²) in [4.78, 5) is 15.0. The zero-order chi connectivity index (χ0) is 18.9.